The van der Waals surface area contributed by atoms with Gasteiger partial charge < -0.3 is 15.1 Å². The van der Waals surface area contributed by atoms with Crippen LogP contribution >= 0.6 is 0 Å². The first-order valence-corrected chi connectivity index (χ1v) is 6.85. The summed E-state index contributed by atoms with van der Waals surface area (Å²) in [5.41, 5.74) is 0. The maximum absolute atomic E-state index is 12.0. The van der Waals surface area contributed by atoms with Gasteiger partial charge in [-0.2, -0.15) is 0 Å². The van der Waals surface area contributed by atoms with Gasteiger partial charge >= 0.3 is 0 Å². The lowest BCUT2D eigenvalue weighted by atomic mass is 9.93. The highest BCUT2D eigenvalue weighted by atomic mass is 16.2. The van der Waals surface area contributed by atoms with Crippen molar-refractivity contribution in [2.45, 2.75) is 38.8 Å². The molecule has 1 N–H and O–H groups in total. The average molecular weight is 239 g/mol. The maximum Gasteiger partial charge on any atom is 0.239 e. The zero-order valence-corrected chi connectivity index (χ0v) is 11.3. The fourth-order valence-corrected chi connectivity index (χ4v) is 3.05. The van der Waals surface area contributed by atoms with Gasteiger partial charge in [-0.1, -0.05) is 0 Å². The Morgan fingerprint density at radius 3 is 2.88 bits per heavy atom. The van der Waals surface area contributed by atoms with Crippen molar-refractivity contribution in [3.8, 4) is 0 Å². The summed E-state index contributed by atoms with van der Waals surface area (Å²) < 4.78 is 0. The molecule has 0 radical (unpaired) electrons. The summed E-state index contributed by atoms with van der Waals surface area (Å²) in [6, 6.07) is 0.495. The zero-order valence-electron chi connectivity index (χ0n) is 11.3. The third-order valence-corrected chi connectivity index (χ3v) is 4.32. The summed E-state index contributed by atoms with van der Waals surface area (Å²) in [7, 11) is 1.87. The summed E-state index contributed by atoms with van der Waals surface area (Å²) in [4.78, 5) is 16.3. The Kier molecular flexibility index (Phi) is 4.05. The normalized spacial score (nSPS) is 33.5. The van der Waals surface area contributed by atoms with Crippen LogP contribution in [0.5, 0.6) is 0 Å². The van der Waals surface area contributed by atoms with Crippen LogP contribution < -0.4 is 5.32 Å². The van der Waals surface area contributed by atoms with Gasteiger partial charge in [-0.25, -0.2) is 0 Å². The molecule has 1 amide bonds. The van der Waals surface area contributed by atoms with Crippen LogP contribution in [0.2, 0.25) is 0 Å². The van der Waals surface area contributed by atoms with Crippen LogP contribution in [0.25, 0.3) is 0 Å². The number of fused-ring (bicyclic) bond motifs is 2. The molecule has 2 saturated heterocycles. The van der Waals surface area contributed by atoms with E-state index in [1.807, 2.05) is 20.9 Å². The highest BCUT2D eigenvalue weighted by Crippen LogP contribution is 2.27. The van der Waals surface area contributed by atoms with Crippen molar-refractivity contribution in [3.63, 3.8) is 0 Å². The number of rotatable bonds is 4. The predicted molar refractivity (Wildman–Crippen MR) is 68.9 cm³/mol. The minimum Gasteiger partial charge on any atom is -0.345 e. The van der Waals surface area contributed by atoms with Gasteiger partial charge in [0.05, 0.1) is 6.04 Å². The van der Waals surface area contributed by atoms with E-state index in [-0.39, 0.29) is 11.9 Å². The average Bonchev–Trinajstić information content (AvgIpc) is 2.73. The highest BCUT2D eigenvalue weighted by Gasteiger charge is 2.35. The predicted octanol–water partition coefficient (Wildman–Crippen LogP) is 0.537. The molecular formula is C13H25N3O. The zero-order chi connectivity index (χ0) is 12.4. The van der Waals surface area contributed by atoms with Crippen molar-refractivity contribution in [1.29, 1.82) is 0 Å². The van der Waals surface area contributed by atoms with Crippen LogP contribution in [0.15, 0.2) is 0 Å². The van der Waals surface area contributed by atoms with Crippen molar-refractivity contribution in [1.82, 2.24) is 15.1 Å². The molecule has 0 aromatic rings. The Balaban J connectivity index is 1.85. The fraction of sp³-hybridized carbons (Fsp3) is 0.923. The molecule has 2 rings (SSSR count). The van der Waals surface area contributed by atoms with Crippen molar-refractivity contribution < 1.29 is 4.79 Å². The summed E-state index contributed by atoms with van der Waals surface area (Å²) >= 11 is 0. The second kappa shape index (κ2) is 5.36. The van der Waals surface area contributed by atoms with Crippen molar-refractivity contribution in [2.75, 3.05) is 33.2 Å². The van der Waals surface area contributed by atoms with Crippen LogP contribution in [-0.2, 0) is 4.79 Å². The van der Waals surface area contributed by atoms with Crippen molar-refractivity contribution in [3.05, 3.63) is 0 Å². The summed E-state index contributed by atoms with van der Waals surface area (Å²) in [6.07, 6.45) is 2.49. The molecule has 2 aliphatic rings. The van der Waals surface area contributed by atoms with Crippen molar-refractivity contribution in [2.24, 2.45) is 5.92 Å². The second-order valence-electron chi connectivity index (χ2n) is 5.49. The SMILES string of the molecule is CCN(C)C(=O)C(C)NC1CCN2CCC1C2. The van der Waals surface area contributed by atoms with Crippen molar-refractivity contribution >= 4 is 5.91 Å². The topological polar surface area (TPSA) is 35.6 Å². The first-order chi connectivity index (χ1) is 8.11. The Labute approximate surface area is 104 Å². The van der Waals surface area contributed by atoms with E-state index in [1.165, 1.54) is 32.5 Å². The van der Waals surface area contributed by atoms with Gasteiger partial charge in [0, 0.05) is 26.2 Å². The first-order valence-electron chi connectivity index (χ1n) is 6.85. The van der Waals surface area contributed by atoms with Gasteiger partial charge in [-0.05, 0) is 45.7 Å². The van der Waals surface area contributed by atoms with E-state index in [0.717, 1.165) is 12.5 Å². The number of carbonyl (C=O) groups is 1. The molecule has 4 nitrogen and oxygen atoms in total. The third kappa shape index (κ3) is 2.80. The summed E-state index contributed by atoms with van der Waals surface area (Å²) in [5, 5.41) is 3.54. The molecule has 2 aliphatic heterocycles. The number of amides is 1. The third-order valence-electron chi connectivity index (χ3n) is 4.32. The maximum atomic E-state index is 12.0. The molecule has 4 unspecified atom stereocenters. The number of hydrogen-bond acceptors (Lipinski definition) is 3. The lowest BCUT2D eigenvalue weighted by Crippen LogP contribution is -2.52. The molecule has 17 heavy (non-hydrogen) atoms. The first kappa shape index (κ1) is 12.8. The number of nitrogens with zero attached hydrogens (tertiary/aromatic N) is 2. The number of hydrogen-bond donors (Lipinski definition) is 1. The van der Waals surface area contributed by atoms with Crippen LogP contribution in [0.4, 0.5) is 0 Å². The lowest BCUT2D eigenvalue weighted by Gasteiger charge is -2.33. The number of carbonyl (C=O) groups excluding carboxylic acids is 1. The minimum atomic E-state index is -0.0444. The van der Waals surface area contributed by atoms with E-state index >= 15 is 0 Å². The quantitative estimate of drug-likeness (QED) is 0.777. The van der Waals surface area contributed by atoms with Gasteiger partial charge in [0.1, 0.15) is 0 Å². The standard InChI is InChI=1S/C13H25N3O/c1-4-15(3)13(17)10(2)14-12-6-8-16-7-5-11(12)9-16/h10-12,14H,4-9H2,1-3H3. The fourth-order valence-electron chi connectivity index (χ4n) is 3.05. The molecular weight excluding hydrogens is 214 g/mol. The Morgan fingerprint density at radius 2 is 2.18 bits per heavy atom. The molecule has 4 atom stereocenters. The van der Waals surface area contributed by atoms with Crippen LogP contribution in [0, 0.1) is 5.92 Å². The van der Waals surface area contributed by atoms with Gasteiger partial charge in [0.2, 0.25) is 5.91 Å². The largest absolute Gasteiger partial charge is 0.345 e. The van der Waals surface area contributed by atoms with E-state index in [4.69, 9.17) is 0 Å². The van der Waals surface area contributed by atoms with E-state index in [1.54, 1.807) is 4.90 Å². The Bertz CT molecular complexity index is 282. The van der Waals surface area contributed by atoms with E-state index in [0.29, 0.717) is 6.04 Å². The minimum absolute atomic E-state index is 0.0444. The Morgan fingerprint density at radius 1 is 1.47 bits per heavy atom. The van der Waals surface area contributed by atoms with E-state index in [9.17, 15) is 4.79 Å². The van der Waals surface area contributed by atoms with E-state index in [2.05, 4.69) is 10.2 Å². The van der Waals surface area contributed by atoms with Crippen LogP contribution in [0.1, 0.15) is 26.7 Å². The highest BCUT2D eigenvalue weighted by molar-refractivity contribution is 5.81. The molecule has 0 spiro atoms. The summed E-state index contributed by atoms with van der Waals surface area (Å²) in [6.45, 7) is 8.46. The van der Waals surface area contributed by atoms with Crippen LogP contribution in [0.3, 0.4) is 0 Å². The number of piperidine rings is 1. The van der Waals surface area contributed by atoms with Gasteiger partial charge in [-0.15, -0.1) is 0 Å². The summed E-state index contributed by atoms with van der Waals surface area (Å²) in [5.74, 6) is 0.971. The number of nitrogens with one attached hydrogen (secondary N) is 1. The smallest absolute Gasteiger partial charge is 0.239 e. The Hall–Kier alpha value is -0.610. The molecule has 0 aromatic carbocycles. The monoisotopic (exact) mass is 239 g/mol. The molecule has 2 heterocycles. The van der Waals surface area contributed by atoms with Gasteiger partial charge in [0.25, 0.3) is 0 Å². The molecule has 98 valence electrons. The lowest BCUT2D eigenvalue weighted by molar-refractivity contribution is -0.131. The van der Waals surface area contributed by atoms with Gasteiger partial charge in [-0.3, -0.25) is 4.79 Å². The van der Waals surface area contributed by atoms with Gasteiger partial charge in [0.15, 0.2) is 0 Å². The molecule has 4 heteroatoms. The molecule has 0 aromatic heterocycles. The molecule has 0 saturated carbocycles. The molecule has 0 aliphatic carbocycles. The molecule has 2 fully saturated rings. The number of likely N-dealkylation sites (N-methyl/N-ethyl adjacent to an activating group) is 1. The van der Waals surface area contributed by atoms with Crippen LogP contribution in [-0.4, -0.2) is 61.0 Å². The molecule has 2 bridgehead atoms. The van der Waals surface area contributed by atoms with E-state index < -0.39 is 0 Å². The second-order valence-corrected chi connectivity index (χ2v) is 5.49.